The van der Waals surface area contributed by atoms with Gasteiger partial charge in [-0.1, -0.05) is 19.1 Å². The van der Waals surface area contributed by atoms with Crippen LogP contribution in [-0.2, 0) is 11.0 Å². The van der Waals surface area contributed by atoms with Gasteiger partial charge in [-0.15, -0.1) is 0 Å². The molecule has 5 rings (SSSR count). The largest absolute Gasteiger partial charge is 0.416 e. The molecule has 1 aliphatic carbocycles. The number of carbonyl (C=O) groups is 2. The van der Waals surface area contributed by atoms with Crippen LogP contribution >= 0.6 is 0 Å². The van der Waals surface area contributed by atoms with Crippen LogP contribution < -0.4 is 5.32 Å². The fourth-order valence-corrected chi connectivity index (χ4v) is 7.50. The average Bonchev–Trinajstić information content (AvgIpc) is 3.64. The molecule has 1 saturated carbocycles. The maximum Gasteiger partial charge on any atom is 0.416 e. The van der Waals surface area contributed by atoms with E-state index >= 15 is 0 Å². The van der Waals surface area contributed by atoms with E-state index in [1.807, 2.05) is 17.1 Å². The molecule has 0 aromatic heterocycles. The Kier molecular flexibility index (Phi) is 9.89. The third-order valence-corrected chi connectivity index (χ3v) is 9.96. The molecule has 3 aliphatic heterocycles. The summed E-state index contributed by atoms with van der Waals surface area (Å²) in [6.07, 6.45) is 4.77. The monoisotopic (exact) mass is 642 g/mol. The zero-order valence-electron chi connectivity index (χ0n) is 26.9. The number of dihydropyridines is 1. The van der Waals surface area contributed by atoms with E-state index in [1.165, 1.54) is 12.1 Å². The highest BCUT2D eigenvalue weighted by Crippen LogP contribution is 2.40. The van der Waals surface area contributed by atoms with Gasteiger partial charge >= 0.3 is 6.18 Å². The van der Waals surface area contributed by atoms with Crippen molar-refractivity contribution in [3.8, 4) is 0 Å². The first-order chi connectivity index (χ1) is 21.8. The molecule has 4 aliphatic rings. The van der Waals surface area contributed by atoms with Crippen LogP contribution in [0.2, 0.25) is 0 Å². The van der Waals surface area contributed by atoms with Gasteiger partial charge in [0.15, 0.2) is 0 Å². The molecule has 2 saturated heterocycles. The molecule has 2 amide bonds. The van der Waals surface area contributed by atoms with Crippen LogP contribution in [0.5, 0.6) is 0 Å². The van der Waals surface area contributed by atoms with E-state index in [0.717, 1.165) is 50.8 Å². The predicted octanol–water partition coefficient (Wildman–Crippen LogP) is 4.70. The van der Waals surface area contributed by atoms with Crippen LogP contribution in [-0.4, -0.2) is 100 Å². The molecule has 3 heterocycles. The molecule has 3 unspecified atom stereocenters. The lowest BCUT2D eigenvalue weighted by Crippen LogP contribution is -2.57. The molecule has 46 heavy (non-hydrogen) atoms. The summed E-state index contributed by atoms with van der Waals surface area (Å²) in [5.41, 5.74) is -2.62. The lowest BCUT2D eigenvalue weighted by molar-refractivity contribution is -0.138. The Morgan fingerprint density at radius 3 is 2.48 bits per heavy atom. The number of amides is 2. The van der Waals surface area contributed by atoms with Gasteiger partial charge in [0, 0.05) is 43.3 Å². The first kappa shape index (κ1) is 34.0. The Bertz CT molecular complexity index is 1410. The van der Waals surface area contributed by atoms with Crippen molar-refractivity contribution in [3.63, 3.8) is 0 Å². The summed E-state index contributed by atoms with van der Waals surface area (Å²) >= 11 is 0. The molecule has 0 radical (unpaired) electrons. The maximum atomic E-state index is 13.7. The topological polar surface area (TPSA) is 110 Å². The summed E-state index contributed by atoms with van der Waals surface area (Å²) in [7, 11) is 0. The number of aliphatic imine (C=N–C) groups is 3. The number of nitrogens with one attached hydrogen (secondary N) is 1. The highest BCUT2D eigenvalue weighted by atomic mass is 19.4. The maximum absolute atomic E-state index is 13.7. The summed E-state index contributed by atoms with van der Waals surface area (Å²) in [5.74, 6) is -0.305. The second kappa shape index (κ2) is 13.4. The van der Waals surface area contributed by atoms with E-state index < -0.39 is 28.8 Å². The third-order valence-electron chi connectivity index (χ3n) is 9.96. The van der Waals surface area contributed by atoms with Crippen molar-refractivity contribution in [2.45, 2.75) is 101 Å². The number of rotatable bonds is 8. The van der Waals surface area contributed by atoms with Crippen molar-refractivity contribution in [2.75, 3.05) is 26.2 Å². The molecule has 0 spiro atoms. The van der Waals surface area contributed by atoms with Crippen molar-refractivity contribution in [1.82, 2.24) is 15.1 Å². The van der Waals surface area contributed by atoms with Gasteiger partial charge in [0.05, 0.1) is 23.7 Å². The second-order valence-electron chi connectivity index (χ2n) is 13.5. The van der Waals surface area contributed by atoms with Crippen LogP contribution in [0, 0.1) is 5.92 Å². The second-order valence-corrected chi connectivity index (χ2v) is 13.5. The number of alkyl halides is 3. The van der Waals surface area contributed by atoms with E-state index in [9.17, 15) is 27.9 Å². The van der Waals surface area contributed by atoms with Gasteiger partial charge in [-0.25, -0.2) is 4.99 Å². The SMILES string of the molecule is C=N/C(=N\CCC)C1C=CC(C2(O)CCC(N3CCC4C3CCN4C(=O)C(C)(C)NC(=O)c3cccc(C(F)(F)F)c3)CC2)=NC1. The van der Waals surface area contributed by atoms with E-state index in [4.69, 9.17) is 4.99 Å². The Morgan fingerprint density at radius 1 is 1.13 bits per heavy atom. The van der Waals surface area contributed by atoms with Crippen LogP contribution in [0.1, 0.15) is 81.6 Å². The molecule has 1 aromatic rings. The lowest BCUT2D eigenvalue weighted by atomic mass is 9.77. The highest BCUT2D eigenvalue weighted by molar-refractivity contribution is 6.04. The summed E-state index contributed by atoms with van der Waals surface area (Å²) in [6, 6.07) is 4.69. The average molecular weight is 643 g/mol. The van der Waals surface area contributed by atoms with Crippen molar-refractivity contribution >= 4 is 30.1 Å². The summed E-state index contributed by atoms with van der Waals surface area (Å²) in [4.78, 5) is 44.3. The van der Waals surface area contributed by atoms with Gasteiger partial charge in [0.1, 0.15) is 17.0 Å². The minimum Gasteiger partial charge on any atom is -0.384 e. The smallest absolute Gasteiger partial charge is 0.384 e. The van der Waals surface area contributed by atoms with Crippen molar-refractivity contribution in [3.05, 3.63) is 47.5 Å². The van der Waals surface area contributed by atoms with Crippen LogP contribution in [0.4, 0.5) is 13.2 Å². The Morgan fingerprint density at radius 2 is 1.85 bits per heavy atom. The molecule has 12 heteroatoms. The highest BCUT2D eigenvalue weighted by Gasteiger charge is 2.50. The number of nitrogens with zero attached hydrogens (tertiary/aromatic N) is 5. The molecule has 9 nitrogen and oxygen atoms in total. The van der Waals surface area contributed by atoms with Crippen molar-refractivity contribution in [1.29, 1.82) is 0 Å². The summed E-state index contributed by atoms with van der Waals surface area (Å²) in [5, 5.41) is 14.2. The quantitative estimate of drug-likeness (QED) is 0.317. The molecule has 0 bridgehead atoms. The number of amidine groups is 1. The Labute approximate surface area is 268 Å². The van der Waals surface area contributed by atoms with Crippen molar-refractivity contribution < 1.29 is 27.9 Å². The normalized spacial score (nSPS) is 29.0. The standard InChI is InChI=1S/C34H45F3N6O3/c1-5-17-39-29(38-4)23-9-10-28(40-21-23)33(46)15-11-25(12-16-33)42-18-13-27-26(42)14-19-43(27)31(45)32(2,3)41-30(44)22-7-6-8-24(20-22)34(35,36)37/h6-10,20,23,25-27,46H,4-5,11-19,21H2,1-3H3,(H,41,44)/b39-29-. The van der Waals surface area contributed by atoms with Gasteiger partial charge in [0.2, 0.25) is 5.91 Å². The van der Waals surface area contributed by atoms with Crippen LogP contribution in [0.15, 0.2) is 51.4 Å². The first-order valence-electron chi connectivity index (χ1n) is 16.3. The fourth-order valence-electron chi connectivity index (χ4n) is 7.50. The minimum absolute atomic E-state index is 0.00247. The van der Waals surface area contributed by atoms with E-state index in [1.54, 1.807) is 13.8 Å². The van der Waals surface area contributed by atoms with Gasteiger partial charge < -0.3 is 15.3 Å². The number of hydrogen-bond acceptors (Lipinski definition) is 6. The molecule has 3 fully saturated rings. The molecule has 2 N–H and O–H groups in total. The van der Waals surface area contributed by atoms with E-state index in [0.29, 0.717) is 44.0 Å². The Balaban J connectivity index is 1.16. The predicted molar refractivity (Wildman–Crippen MR) is 172 cm³/mol. The number of carbonyl (C=O) groups excluding carboxylic acids is 2. The third kappa shape index (κ3) is 6.97. The summed E-state index contributed by atoms with van der Waals surface area (Å²) in [6.45, 7) is 11.5. The molecule has 3 atom stereocenters. The van der Waals surface area contributed by atoms with Crippen LogP contribution in [0.25, 0.3) is 0 Å². The van der Waals surface area contributed by atoms with Gasteiger partial charge in [-0.3, -0.25) is 24.5 Å². The zero-order chi connectivity index (χ0) is 33.3. The fraction of sp³-hybridized carbons (Fsp3) is 0.618. The number of fused-ring (bicyclic) bond motifs is 1. The molecule has 250 valence electrons. The zero-order valence-corrected chi connectivity index (χ0v) is 26.9. The first-order valence-corrected chi connectivity index (χ1v) is 16.3. The Hall–Kier alpha value is -3.38. The molecular weight excluding hydrogens is 597 g/mol. The van der Waals surface area contributed by atoms with Gasteiger partial charge in [-0.05, 0) is 89.8 Å². The number of aliphatic hydroxyl groups is 1. The van der Waals surface area contributed by atoms with E-state index in [2.05, 4.69) is 33.8 Å². The number of hydrogen-bond donors (Lipinski definition) is 2. The number of halogens is 3. The van der Waals surface area contributed by atoms with Crippen LogP contribution in [0.3, 0.4) is 0 Å². The van der Waals surface area contributed by atoms with Gasteiger partial charge in [0.25, 0.3) is 5.91 Å². The number of likely N-dealkylation sites (tertiary alicyclic amines) is 2. The van der Waals surface area contributed by atoms with E-state index in [-0.39, 0.29) is 35.5 Å². The lowest BCUT2D eigenvalue weighted by Gasteiger charge is -2.42. The number of benzene rings is 1. The summed E-state index contributed by atoms with van der Waals surface area (Å²) < 4.78 is 39.5. The van der Waals surface area contributed by atoms with Crippen molar-refractivity contribution in [2.24, 2.45) is 20.9 Å². The molecular formula is C34H45F3N6O3. The minimum atomic E-state index is -4.57. The van der Waals surface area contributed by atoms with Gasteiger partial charge in [-0.2, -0.15) is 13.2 Å². The molecule has 1 aromatic carbocycles.